The molecule has 0 spiro atoms. The summed E-state index contributed by atoms with van der Waals surface area (Å²) in [7, 11) is 0. The van der Waals surface area contributed by atoms with Crippen LogP contribution in [-0.2, 0) is 0 Å². The van der Waals surface area contributed by atoms with Crippen LogP contribution in [0.4, 0.5) is 0 Å². The second kappa shape index (κ2) is 3.48. The fourth-order valence-corrected chi connectivity index (χ4v) is 0. The first-order valence-electron chi connectivity index (χ1n) is 1.91. The Kier molecular flexibility index (Phi) is 4.38. The monoisotopic (exact) mass is 100 g/mol. The molecule has 5 heavy (non-hydrogen) atoms. The zero-order valence-corrected chi connectivity index (χ0v) is 6.42. The Balaban J connectivity index is 2.54. The molecule has 0 aliphatic rings. The van der Waals surface area contributed by atoms with Gasteiger partial charge in [0.2, 0.25) is 0 Å². The number of alkyl halides is 1. The van der Waals surface area contributed by atoms with Crippen molar-refractivity contribution < 1.29 is 0 Å². The van der Waals surface area contributed by atoms with E-state index < -0.39 is 0 Å². The molecule has 1 atom stereocenters. The molecule has 0 aromatic rings. The van der Waals surface area contributed by atoms with Crippen molar-refractivity contribution in [1.29, 1.82) is 0 Å². The number of hydrogen-bond donors (Lipinski definition) is 0. The molecule has 1 unspecified atom stereocenters. The Bertz CT molecular complexity index is 20.9. The molecule has 0 aromatic heterocycles. The average molecular weight is 101 g/mol. The summed E-state index contributed by atoms with van der Waals surface area (Å²) < 4.78 is 1.21. The fourth-order valence-electron chi connectivity index (χ4n) is 0. The maximum atomic E-state index is 5.50. The SMILES string of the molecule is CC(Cl)[CH2][Na]. The van der Waals surface area contributed by atoms with Crippen LogP contribution in [0.5, 0.6) is 0 Å². The van der Waals surface area contributed by atoms with E-state index in [-0.39, 0.29) is 0 Å². The molecule has 0 fully saturated rings. The fraction of sp³-hybridized carbons (Fsp3) is 1.00. The average Bonchev–Trinajstić information content (AvgIpc) is 1.38. The van der Waals surface area contributed by atoms with Gasteiger partial charge in [-0.15, -0.1) is 0 Å². The molecule has 0 saturated heterocycles. The predicted molar refractivity (Wildman–Crippen MR) is 25.9 cm³/mol. The van der Waals surface area contributed by atoms with E-state index in [1.807, 2.05) is 6.92 Å². The first-order chi connectivity index (χ1) is 2.27. The van der Waals surface area contributed by atoms with Crippen LogP contribution in [-0.4, -0.2) is 33.3 Å². The van der Waals surface area contributed by atoms with Gasteiger partial charge in [0.15, 0.2) is 0 Å². The molecule has 0 heterocycles. The van der Waals surface area contributed by atoms with E-state index in [1.165, 1.54) is 31.6 Å². The van der Waals surface area contributed by atoms with Gasteiger partial charge in [-0.3, -0.25) is 0 Å². The normalized spacial score (nSPS) is 15.2. The van der Waals surface area contributed by atoms with Crippen molar-refractivity contribution in [3.05, 3.63) is 0 Å². The Labute approximate surface area is 55.3 Å². The van der Waals surface area contributed by atoms with Gasteiger partial charge in [0.1, 0.15) is 0 Å². The van der Waals surface area contributed by atoms with Crippen LogP contribution < -0.4 is 0 Å². The van der Waals surface area contributed by atoms with Crippen molar-refractivity contribution in [2.45, 2.75) is 16.0 Å². The first kappa shape index (κ1) is 6.29. The minimum atomic E-state index is 0.418. The van der Waals surface area contributed by atoms with Gasteiger partial charge < -0.3 is 0 Å². The molecule has 0 aromatic carbocycles. The van der Waals surface area contributed by atoms with Gasteiger partial charge in [-0.2, -0.15) is 0 Å². The first-order valence-corrected chi connectivity index (χ1v) is 3.76. The van der Waals surface area contributed by atoms with E-state index in [9.17, 15) is 0 Å². The molecular weight excluding hydrogens is 94.5 g/mol. The molecule has 0 radical (unpaired) electrons. The summed E-state index contributed by atoms with van der Waals surface area (Å²) in [6.45, 7) is 2.02. The number of halogens is 1. The van der Waals surface area contributed by atoms with Crippen molar-refractivity contribution in [3.63, 3.8) is 0 Å². The maximum absolute atomic E-state index is 5.50. The standard InChI is InChI=1S/C3H6Cl.Na/c1-3(2)4;/h3H,1H2,2H3;. The van der Waals surface area contributed by atoms with Gasteiger partial charge in [0, 0.05) is 0 Å². The van der Waals surface area contributed by atoms with Crippen LogP contribution in [0.25, 0.3) is 0 Å². The summed E-state index contributed by atoms with van der Waals surface area (Å²) in [6, 6.07) is 0. The van der Waals surface area contributed by atoms with Crippen LogP contribution in [0.3, 0.4) is 0 Å². The van der Waals surface area contributed by atoms with Crippen molar-refractivity contribution in [2.24, 2.45) is 0 Å². The molecule has 0 aliphatic heterocycles. The molecule has 0 saturated carbocycles. The van der Waals surface area contributed by atoms with E-state index in [1.54, 1.807) is 0 Å². The van der Waals surface area contributed by atoms with Gasteiger partial charge in [-0.1, -0.05) is 0 Å². The Morgan fingerprint density at radius 3 is 2.20 bits per heavy atom. The van der Waals surface area contributed by atoms with Crippen molar-refractivity contribution >= 4 is 39.5 Å². The van der Waals surface area contributed by atoms with E-state index in [2.05, 4.69) is 0 Å². The van der Waals surface area contributed by atoms with Crippen LogP contribution in [0.15, 0.2) is 0 Å². The third kappa shape index (κ3) is 5.29. The summed E-state index contributed by atoms with van der Waals surface area (Å²) in [5, 5.41) is 0.418. The number of hydrogen-bond acceptors (Lipinski definition) is 0. The summed E-state index contributed by atoms with van der Waals surface area (Å²) in [4.78, 5) is 0. The van der Waals surface area contributed by atoms with Gasteiger partial charge >= 0.3 is 55.5 Å². The van der Waals surface area contributed by atoms with E-state index in [4.69, 9.17) is 11.6 Å². The summed E-state index contributed by atoms with van der Waals surface area (Å²) in [5.41, 5.74) is 0. The van der Waals surface area contributed by atoms with Crippen LogP contribution in [0.2, 0.25) is 3.67 Å². The Morgan fingerprint density at radius 1 is 2.00 bits per heavy atom. The molecule has 0 nitrogen and oxygen atoms in total. The Hall–Kier alpha value is 1.29. The summed E-state index contributed by atoms with van der Waals surface area (Å²) in [5.74, 6) is 0. The third-order valence-corrected chi connectivity index (χ3v) is 2.61. The van der Waals surface area contributed by atoms with Gasteiger partial charge in [0.05, 0.1) is 0 Å². The zero-order chi connectivity index (χ0) is 4.28. The zero-order valence-electron chi connectivity index (χ0n) is 3.66. The van der Waals surface area contributed by atoms with Crippen molar-refractivity contribution in [1.82, 2.24) is 0 Å². The predicted octanol–water partition coefficient (Wildman–Crippen LogP) is 1.20. The second-order valence-electron chi connectivity index (χ2n) is 1.19. The third-order valence-electron chi connectivity index (χ3n) is 0.563. The summed E-state index contributed by atoms with van der Waals surface area (Å²) in [6.07, 6.45) is 0. The van der Waals surface area contributed by atoms with E-state index >= 15 is 0 Å². The van der Waals surface area contributed by atoms with Crippen LogP contribution >= 0.6 is 11.6 Å². The van der Waals surface area contributed by atoms with E-state index in [0.717, 1.165) is 0 Å². The quantitative estimate of drug-likeness (QED) is 0.343. The molecule has 0 aliphatic carbocycles. The van der Waals surface area contributed by atoms with Gasteiger partial charge in [-0.25, -0.2) is 0 Å². The van der Waals surface area contributed by atoms with Crippen molar-refractivity contribution in [2.75, 3.05) is 0 Å². The second-order valence-corrected chi connectivity index (χ2v) is 2.75. The molecule has 2 heteroatoms. The van der Waals surface area contributed by atoms with Crippen LogP contribution in [0, 0.1) is 0 Å². The molecule has 0 N–H and O–H groups in total. The molecule has 0 rings (SSSR count). The molecule has 26 valence electrons. The van der Waals surface area contributed by atoms with Crippen molar-refractivity contribution in [3.8, 4) is 0 Å². The van der Waals surface area contributed by atoms with Gasteiger partial charge in [0.25, 0.3) is 0 Å². The molecule has 0 amide bonds. The summed E-state index contributed by atoms with van der Waals surface area (Å²) >= 11 is 6.74. The van der Waals surface area contributed by atoms with E-state index in [0.29, 0.717) is 5.38 Å². The van der Waals surface area contributed by atoms with Crippen LogP contribution in [0.1, 0.15) is 6.92 Å². The number of rotatable bonds is 1. The minimum absolute atomic E-state index is 0.418. The Morgan fingerprint density at radius 2 is 2.20 bits per heavy atom. The molecule has 0 bridgehead atoms. The molecular formula is C3H6ClNa. The topological polar surface area (TPSA) is 0 Å². The van der Waals surface area contributed by atoms with Gasteiger partial charge in [-0.05, 0) is 0 Å².